The fourth-order valence-electron chi connectivity index (χ4n) is 2.00. The van der Waals surface area contributed by atoms with Crippen LogP contribution in [0.2, 0.25) is 0 Å². The number of ether oxygens (including phenoxy) is 1. The molecule has 0 aliphatic carbocycles. The van der Waals surface area contributed by atoms with Crippen LogP contribution in [0.15, 0.2) is 28.9 Å². The first kappa shape index (κ1) is 18.7. The minimum Gasteiger partial charge on any atom is -0.463 e. The van der Waals surface area contributed by atoms with Crippen molar-refractivity contribution in [2.75, 3.05) is 14.2 Å². The van der Waals surface area contributed by atoms with Crippen molar-refractivity contribution in [3.05, 3.63) is 41.6 Å². The van der Waals surface area contributed by atoms with Crippen LogP contribution in [0, 0.1) is 0 Å². The fraction of sp³-hybridized carbons (Fsp3) is 0.357. The van der Waals surface area contributed by atoms with E-state index in [1.165, 1.54) is 13.2 Å². The van der Waals surface area contributed by atoms with Crippen LogP contribution in [0.5, 0.6) is 0 Å². The maximum absolute atomic E-state index is 12.2. The molecule has 0 saturated heterocycles. The standard InChI is InChI=1S/C14H18N4O4.ClH/c1-15-12(9-6-17-18(2)8-9)13(19)16-7-10-4-5-11(22-10)14(20)21-3;/h4-6,8,12,15H,7H2,1-3H3,(H,16,19);1H. The van der Waals surface area contributed by atoms with Crippen LogP contribution in [-0.4, -0.2) is 35.8 Å². The summed E-state index contributed by atoms with van der Waals surface area (Å²) in [5.41, 5.74) is 0.761. The Bertz CT molecular complexity index is 667. The summed E-state index contributed by atoms with van der Waals surface area (Å²) < 4.78 is 11.5. The van der Waals surface area contributed by atoms with E-state index in [0.29, 0.717) is 5.76 Å². The molecule has 2 aromatic rings. The Morgan fingerprint density at radius 2 is 2.17 bits per heavy atom. The second-order valence-electron chi connectivity index (χ2n) is 4.64. The zero-order valence-electron chi connectivity index (χ0n) is 13.0. The molecule has 0 aromatic carbocycles. The lowest BCUT2D eigenvalue weighted by atomic mass is 10.1. The minimum atomic E-state index is -0.555. The summed E-state index contributed by atoms with van der Waals surface area (Å²) in [7, 11) is 4.75. The van der Waals surface area contributed by atoms with Crippen molar-refractivity contribution in [1.29, 1.82) is 0 Å². The van der Waals surface area contributed by atoms with Gasteiger partial charge < -0.3 is 19.8 Å². The Hall–Kier alpha value is -2.32. The van der Waals surface area contributed by atoms with Crippen molar-refractivity contribution in [2.24, 2.45) is 7.05 Å². The van der Waals surface area contributed by atoms with Gasteiger partial charge in [-0.3, -0.25) is 9.48 Å². The number of carbonyl (C=O) groups excluding carboxylic acids is 2. The number of nitrogens with one attached hydrogen (secondary N) is 2. The van der Waals surface area contributed by atoms with Gasteiger partial charge in [0.1, 0.15) is 11.8 Å². The molecule has 0 aliphatic rings. The third kappa shape index (κ3) is 4.57. The van der Waals surface area contributed by atoms with E-state index in [1.54, 1.807) is 37.2 Å². The number of rotatable bonds is 6. The minimum absolute atomic E-state index is 0. The fourth-order valence-corrected chi connectivity index (χ4v) is 2.00. The molecule has 126 valence electrons. The predicted octanol–water partition coefficient (Wildman–Crippen LogP) is 0.798. The second-order valence-corrected chi connectivity index (χ2v) is 4.64. The molecule has 23 heavy (non-hydrogen) atoms. The van der Waals surface area contributed by atoms with Crippen molar-refractivity contribution < 1.29 is 18.7 Å². The van der Waals surface area contributed by atoms with Gasteiger partial charge in [-0.25, -0.2) is 4.79 Å². The van der Waals surface area contributed by atoms with Crippen LogP contribution >= 0.6 is 12.4 Å². The smallest absolute Gasteiger partial charge is 0.373 e. The van der Waals surface area contributed by atoms with Gasteiger partial charge in [0, 0.05) is 18.8 Å². The highest BCUT2D eigenvalue weighted by Gasteiger charge is 2.20. The maximum atomic E-state index is 12.2. The molecule has 2 aromatic heterocycles. The summed E-state index contributed by atoms with van der Waals surface area (Å²) in [5.74, 6) is -0.202. The van der Waals surface area contributed by atoms with Crippen molar-refractivity contribution in [3.8, 4) is 0 Å². The third-order valence-electron chi connectivity index (χ3n) is 3.09. The van der Waals surface area contributed by atoms with Crippen molar-refractivity contribution in [2.45, 2.75) is 12.6 Å². The average Bonchev–Trinajstić information content (AvgIpc) is 3.14. The highest BCUT2D eigenvalue weighted by Crippen LogP contribution is 2.13. The SMILES string of the molecule is CNC(C(=O)NCc1ccc(C(=O)OC)o1)c1cnn(C)c1.Cl. The molecule has 0 aliphatic heterocycles. The first-order valence-electron chi connectivity index (χ1n) is 6.65. The van der Waals surface area contributed by atoms with Gasteiger partial charge in [0.2, 0.25) is 11.7 Å². The number of furan rings is 1. The van der Waals surface area contributed by atoms with Crippen LogP contribution in [-0.2, 0) is 23.1 Å². The van der Waals surface area contributed by atoms with Gasteiger partial charge in [0.15, 0.2) is 0 Å². The van der Waals surface area contributed by atoms with E-state index >= 15 is 0 Å². The highest BCUT2D eigenvalue weighted by atomic mass is 35.5. The van der Waals surface area contributed by atoms with E-state index in [1.807, 2.05) is 0 Å². The van der Waals surface area contributed by atoms with Crippen molar-refractivity contribution >= 4 is 24.3 Å². The van der Waals surface area contributed by atoms with Gasteiger partial charge in [-0.05, 0) is 19.2 Å². The number of methoxy groups -OCH3 is 1. The number of hydrogen-bond acceptors (Lipinski definition) is 6. The van der Waals surface area contributed by atoms with E-state index in [9.17, 15) is 9.59 Å². The van der Waals surface area contributed by atoms with Gasteiger partial charge in [0.05, 0.1) is 19.9 Å². The molecule has 0 fully saturated rings. The van der Waals surface area contributed by atoms with Gasteiger partial charge in [0.25, 0.3) is 0 Å². The van der Waals surface area contributed by atoms with Crippen LogP contribution in [0.25, 0.3) is 0 Å². The molecule has 2 heterocycles. The van der Waals surface area contributed by atoms with E-state index in [-0.39, 0.29) is 30.6 Å². The van der Waals surface area contributed by atoms with E-state index in [4.69, 9.17) is 4.42 Å². The van der Waals surface area contributed by atoms with E-state index in [2.05, 4.69) is 20.5 Å². The summed E-state index contributed by atoms with van der Waals surface area (Å²) in [4.78, 5) is 23.5. The number of hydrogen-bond donors (Lipinski definition) is 2. The number of halogens is 1. The highest BCUT2D eigenvalue weighted by molar-refractivity contribution is 5.86. The van der Waals surface area contributed by atoms with Gasteiger partial charge in [-0.15, -0.1) is 12.4 Å². The Morgan fingerprint density at radius 3 is 2.74 bits per heavy atom. The molecule has 8 nitrogen and oxygen atoms in total. The Kier molecular flexibility index (Phi) is 6.80. The van der Waals surface area contributed by atoms with Gasteiger partial charge in [-0.2, -0.15) is 5.10 Å². The molecule has 0 bridgehead atoms. The third-order valence-corrected chi connectivity index (χ3v) is 3.09. The number of amides is 1. The molecule has 1 atom stereocenters. The van der Waals surface area contributed by atoms with E-state index in [0.717, 1.165) is 5.56 Å². The first-order chi connectivity index (χ1) is 10.5. The van der Waals surface area contributed by atoms with E-state index < -0.39 is 12.0 Å². The molecule has 2 N–H and O–H groups in total. The molecule has 0 radical (unpaired) electrons. The summed E-state index contributed by atoms with van der Waals surface area (Å²) in [6.45, 7) is 0.175. The lowest BCUT2D eigenvalue weighted by molar-refractivity contribution is -0.123. The molecule has 0 saturated carbocycles. The van der Waals surface area contributed by atoms with Crippen molar-refractivity contribution in [3.63, 3.8) is 0 Å². The maximum Gasteiger partial charge on any atom is 0.373 e. The normalized spacial score (nSPS) is 11.4. The Labute approximate surface area is 139 Å². The monoisotopic (exact) mass is 342 g/mol. The summed E-state index contributed by atoms with van der Waals surface area (Å²) >= 11 is 0. The van der Waals surface area contributed by atoms with Crippen LogP contribution in [0.3, 0.4) is 0 Å². The lowest BCUT2D eigenvalue weighted by Gasteiger charge is -2.13. The van der Waals surface area contributed by atoms with Crippen LogP contribution in [0.4, 0.5) is 0 Å². The quantitative estimate of drug-likeness (QED) is 0.753. The molecular formula is C14H19ClN4O4. The average molecular weight is 343 g/mol. The lowest BCUT2D eigenvalue weighted by Crippen LogP contribution is -2.35. The molecule has 1 amide bonds. The van der Waals surface area contributed by atoms with Crippen molar-refractivity contribution in [1.82, 2.24) is 20.4 Å². The molecular weight excluding hydrogens is 324 g/mol. The Balaban J connectivity index is 0.00000264. The summed E-state index contributed by atoms with van der Waals surface area (Å²) in [5, 5.41) is 9.72. The molecule has 9 heteroatoms. The number of esters is 1. The first-order valence-corrected chi connectivity index (χ1v) is 6.65. The zero-order chi connectivity index (χ0) is 16.1. The molecule has 1 unspecified atom stereocenters. The second kappa shape index (κ2) is 8.35. The summed E-state index contributed by atoms with van der Waals surface area (Å²) in [6, 6.07) is 2.61. The predicted molar refractivity (Wildman–Crippen MR) is 84.2 cm³/mol. The number of aryl methyl sites for hydroxylation is 1. The number of aromatic nitrogens is 2. The summed E-state index contributed by atoms with van der Waals surface area (Å²) in [6.07, 6.45) is 3.39. The van der Waals surface area contributed by atoms with Crippen LogP contribution in [0.1, 0.15) is 27.9 Å². The number of nitrogens with zero attached hydrogens (tertiary/aromatic N) is 2. The zero-order valence-corrected chi connectivity index (χ0v) is 13.8. The topological polar surface area (TPSA) is 98.4 Å². The Morgan fingerprint density at radius 1 is 1.43 bits per heavy atom. The molecule has 0 spiro atoms. The van der Waals surface area contributed by atoms with Gasteiger partial charge >= 0.3 is 5.97 Å². The number of likely N-dealkylation sites (N-methyl/N-ethyl adjacent to an activating group) is 1. The number of carbonyl (C=O) groups is 2. The van der Waals surface area contributed by atoms with Gasteiger partial charge in [-0.1, -0.05) is 0 Å². The molecule has 2 rings (SSSR count). The largest absolute Gasteiger partial charge is 0.463 e. The van der Waals surface area contributed by atoms with Crippen LogP contribution < -0.4 is 10.6 Å².